The van der Waals surface area contributed by atoms with Gasteiger partial charge in [-0.1, -0.05) is 475 Å². The summed E-state index contributed by atoms with van der Waals surface area (Å²) in [6, 6.07) is 0. The van der Waals surface area contributed by atoms with Crippen molar-refractivity contribution in [2.75, 3.05) is 47.5 Å². The summed E-state index contributed by atoms with van der Waals surface area (Å²) in [7, 11) is 5.97. The number of carbonyl (C=O) groups excluding carboxylic acids is 3. The van der Waals surface area contributed by atoms with E-state index in [0.717, 1.165) is 38.5 Å². The van der Waals surface area contributed by atoms with Crippen LogP contribution in [0.4, 0.5) is 0 Å². The summed E-state index contributed by atoms with van der Waals surface area (Å²) in [5.41, 5.74) is 0. The Labute approximate surface area is 668 Å². The summed E-state index contributed by atoms with van der Waals surface area (Å²) in [6.45, 7) is 4.85. The number of allylic oxidation sites excluding steroid dienone is 4. The second-order valence-corrected chi connectivity index (χ2v) is 34.7. The Bertz CT molecular complexity index is 1810. The number of hydrogen-bond donors (Lipinski definition) is 0. The maximum atomic E-state index is 13.0. The lowest BCUT2D eigenvalue weighted by atomic mass is 10.0. The fraction of sp³-hybridized carbons (Fsp3) is 0.929. The molecule has 0 bridgehead atoms. The van der Waals surface area contributed by atoms with E-state index in [0.29, 0.717) is 17.4 Å². The summed E-state index contributed by atoms with van der Waals surface area (Å²) in [4.78, 5) is 37.7. The lowest BCUT2D eigenvalue weighted by molar-refractivity contribution is -0.870. The quantitative estimate of drug-likeness (QED) is 0.0195. The van der Waals surface area contributed by atoms with Gasteiger partial charge in [0.15, 0.2) is 12.4 Å². The molecule has 107 heavy (non-hydrogen) atoms. The third-order valence-corrected chi connectivity index (χ3v) is 22.7. The first-order valence-electron chi connectivity index (χ1n) is 48.5. The number of carboxylic acid groups (broad SMARTS) is 1. The Morgan fingerprint density at radius 3 is 0.692 bits per heavy atom. The number of unbranched alkanes of at least 4 members (excludes halogenated alkanes) is 74. The smallest absolute Gasteiger partial charge is 0.306 e. The minimum atomic E-state index is -1.62. The van der Waals surface area contributed by atoms with Gasteiger partial charge in [0, 0.05) is 12.8 Å². The van der Waals surface area contributed by atoms with Gasteiger partial charge in [-0.2, -0.15) is 0 Å². The van der Waals surface area contributed by atoms with Crippen molar-refractivity contribution in [3.8, 4) is 0 Å². The number of carboxylic acids is 1. The minimum absolute atomic E-state index is 0.153. The Balaban J connectivity index is 3.84. The highest BCUT2D eigenvalue weighted by Gasteiger charge is 2.22. The zero-order valence-electron chi connectivity index (χ0n) is 73.1. The van der Waals surface area contributed by atoms with Gasteiger partial charge in [0.05, 0.1) is 40.3 Å². The molecule has 0 aliphatic carbocycles. The van der Waals surface area contributed by atoms with E-state index in [1.807, 2.05) is 21.1 Å². The monoisotopic (exact) mass is 1510 g/mol. The van der Waals surface area contributed by atoms with Gasteiger partial charge in [0.2, 0.25) is 0 Å². The molecule has 0 spiro atoms. The van der Waals surface area contributed by atoms with Crippen molar-refractivity contribution in [1.29, 1.82) is 0 Å². The highest BCUT2D eigenvalue weighted by molar-refractivity contribution is 5.70. The number of hydrogen-bond acceptors (Lipinski definition) is 8. The number of carbonyl (C=O) groups is 3. The Hall–Kier alpha value is -2.23. The highest BCUT2D eigenvalue weighted by atomic mass is 16.7. The zero-order chi connectivity index (χ0) is 77.4. The van der Waals surface area contributed by atoms with Crippen molar-refractivity contribution in [2.45, 2.75) is 540 Å². The molecular formula is C98H189NO8. The van der Waals surface area contributed by atoms with Crippen molar-refractivity contribution in [1.82, 2.24) is 0 Å². The van der Waals surface area contributed by atoms with E-state index < -0.39 is 24.3 Å². The van der Waals surface area contributed by atoms with Crippen molar-refractivity contribution in [3.63, 3.8) is 0 Å². The summed E-state index contributed by atoms with van der Waals surface area (Å²) in [6.07, 6.45) is 114. The molecule has 0 amide bonds. The van der Waals surface area contributed by atoms with Crippen LogP contribution >= 0.6 is 0 Å². The summed E-state index contributed by atoms with van der Waals surface area (Å²) >= 11 is 0. The topological polar surface area (TPSA) is 111 Å². The van der Waals surface area contributed by atoms with Crippen LogP contribution in [0.2, 0.25) is 0 Å². The Kier molecular flexibility index (Phi) is 87.5. The van der Waals surface area contributed by atoms with Crippen LogP contribution in [0.1, 0.15) is 528 Å². The van der Waals surface area contributed by atoms with E-state index in [-0.39, 0.29) is 32.2 Å². The minimum Gasteiger partial charge on any atom is -0.545 e. The fourth-order valence-corrected chi connectivity index (χ4v) is 15.3. The molecule has 9 nitrogen and oxygen atoms in total. The summed E-state index contributed by atoms with van der Waals surface area (Å²) < 4.78 is 23.0. The first-order chi connectivity index (χ1) is 52.6. The molecule has 0 heterocycles. The first-order valence-corrected chi connectivity index (χ1v) is 48.5. The van der Waals surface area contributed by atoms with Gasteiger partial charge in [-0.25, -0.2) is 0 Å². The number of ether oxygens (including phenoxy) is 4. The SMILES string of the molecule is CCCCCCCCCC/C=C\CCCCCCCCCCCCCCCCCCCCCCCCCCCCCCCC(=O)OCC(COC(OCC[N+](C)(C)C)C(=O)[O-])OC(=O)CCCCCCCCCCCCCCCCCCCCCCCCCCCCCCC/C=C\CCCCCCCCCC. The predicted molar refractivity (Wildman–Crippen MR) is 463 cm³/mol. The van der Waals surface area contributed by atoms with Gasteiger partial charge in [-0.05, 0) is 64.2 Å². The second kappa shape index (κ2) is 89.3. The molecule has 0 aliphatic rings. The molecule has 0 saturated carbocycles. The van der Waals surface area contributed by atoms with Crippen LogP contribution in [0, 0.1) is 0 Å². The van der Waals surface area contributed by atoms with Gasteiger partial charge in [-0.15, -0.1) is 0 Å². The molecule has 0 aromatic heterocycles. The molecule has 0 aromatic rings. The number of nitrogens with zero attached hydrogens (tertiary/aromatic N) is 1. The van der Waals surface area contributed by atoms with Crippen molar-refractivity contribution < 1.29 is 42.9 Å². The van der Waals surface area contributed by atoms with Gasteiger partial charge in [0.1, 0.15) is 13.2 Å². The van der Waals surface area contributed by atoms with Gasteiger partial charge in [0.25, 0.3) is 0 Å². The van der Waals surface area contributed by atoms with Crippen LogP contribution in [0.25, 0.3) is 0 Å². The van der Waals surface area contributed by atoms with E-state index in [9.17, 15) is 19.5 Å². The number of esters is 2. The molecule has 0 saturated heterocycles. The molecule has 0 aromatic carbocycles. The average molecular weight is 1510 g/mol. The van der Waals surface area contributed by atoms with Crippen molar-refractivity contribution in [3.05, 3.63) is 24.3 Å². The lowest BCUT2D eigenvalue weighted by Gasteiger charge is -2.26. The van der Waals surface area contributed by atoms with E-state index in [2.05, 4.69) is 38.2 Å². The third-order valence-electron chi connectivity index (χ3n) is 22.7. The normalized spacial score (nSPS) is 12.6. The molecule has 2 unspecified atom stereocenters. The van der Waals surface area contributed by atoms with Gasteiger partial charge >= 0.3 is 11.9 Å². The van der Waals surface area contributed by atoms with Gasteiger partial charge in [-0.3, -0.25) is 9.59 Å². The lowest BCUT2D eigenvalue weighted by Crippen LogP contribution is -2.44. The largest absolute Gasteiger partial charge is 0.545 e. The van der Waals surface area contributed by atoms with Gasteiger partial charge < -0.3 is 33.3 Å². The summed E-state index contributed by atoms with van der Waals surface area (Å²) in [5, 5.41) is 11.9. The van der Waals surface area contributed by atoms with Crippen LogP contribution < -0.4 is 5.11 Å². The van der Waals surface area contributed by atoms with E-state index in [1.165, 1.54) is 462 Å². The average Bonchev–Trinajstić information content (AvgIpc) is 0.928. The molecule has 634 valence electrons. The van der Waals surface area contributed by atoms with E-state index >= 15 is 0 Å². The number of rotatable bonds is 93. The molecular weight excluding hydrogens is 1320 g/mol. The van der Waals surface area contributed by atoms with Crippen molar-refractivity contribution >= 4 is 17.9 Å². The second-order valence-electron chi connectivity index (χ2n) is 34.7. The molecule has 0 radical (unpaired) electrons. The zero-order valence-corrected chi connectivity index (χ0v) is 73.1. The van der Waals surface area contributed by atoms with E-state index in [4.69, 9.17) is 18.9 Å². The molecule has 0 aliphatic heterocycles. The number of likely N-dealkylation sites (N-methyl/N-ethyl adjacent to an activating group) is 1. The maximum Gasteiger partial charge on any atom is 0.306 e. The molecule has 0 rings (SSSR count). The van der Waals surface area contributed by atoms with E-state index in [1.54, 1.807) is 0 Å². The van der Waals surface area contributed by atoms with Crippen LogP contribution in [0.5, 0.6) is 0 Å². The third kappa shape index (κ3) is 90.8. The molecule has 0 N–H and O–H groups in total. The van der Waals surface area contributed by atoms with Crippen LogP contribution in [-0.4, -0.2) is 82.3 Å². The first kappa shape index (κ1) is 105. The standard InChI is InChI=1S/C98H189NO8/c1-6-8-10-12-14-16-18-20-22-24-26-28-30-32-34-36-38-40-42-44-46-48-50-52-54-56-58-60-62-64-66-68-70-72-74-76-78-80-82-84-86-88-95(100)105-92-94(93-106-98(97(102)103)104-91-90-99(3,4)5)107-96(101)89-87-85-83-81-79-77-75-73-71-69-67-65-63-61-59-57-55-53-51-49-47-45-43-41-39-37-35-33-31-29-27-25-23-21-19-17-15-13-11-9-7-2/h24-27,94,98H,6-23,28-93H2,1-5H3/b26-24-,27-25-. The maximum absolute atomic E-state index is 13.0. The number of quaternary nitrogens is 1. The predicted octanol–water partition coefficient (Wildman–Crippen LogP) is 30.6. The van der Waals surface area contributed by atoms with Crippen LogP contribution in [0.3, 0.4) is 0 Å². The molecule has 0 fully saturated rings. The highest BCUT2D eigenvalue weighted by Crippen LogP contribution is 2.22. The van der Waals surface area contributed by atoms with Crippen molar-refractivity contribution in [2.24, 2.45) is 0 Å². The Morgan fingerprint density at radius 1 is 0.271 bits per heavy atom. The number of aliphatic carboxylic acids is 1. The fourth-order valence-electron chi connectivity index (χ4n) is 15.3. The summed E-state index contributed by atoms with van der Waals surface area (Å²) in [5.74, 6) is -2.24. The Morgan fingerprint density at radius 2 is 0.477 bits per heavy atom. The van der Waals surface area contributed by atoms with Crippen LogP contribution in [0.15, 0.2) is 24.3 Å². The molecule has 9 heteroatoms. The molecule has 2 atom stereocenters. The van der Waals surface area contributed by atoms with Crippen LogP contribution in [-0.2, 0) is 33.3 Å².